The minimum absolute atomic E-state index is 0.126. The molecule has 0 aromatic heterocycles. The van der Waals surface area contributed by atoms with Crippen LogP contribution in [0.5, 0.6) is 0 Å². The quantitative estimate of drug-likeness (QED) is 0.835. The van der Waals surface area contributed by atoms with Crippen molar-refractivity contribution >= 4 is 37.6 Å². The van der Waals surface area contributed by atoms with Crippen LogP contribution in [0, 0.1) is 0 Å². The van der Waals surface area contributed by atoms with Crippen LogP contribution >= 0.6 is 15.9 Å². The summed E-state index contributed by atoms with van der Waals surface area (Å²) in [6, 6.07) is 5.72. The average molecular weight is 322 g/mol. The molecule has 1 rings (SSSR count). The molecule has 0 heterocycles. The van der Waals surface area contributed by atoms with Crippen LogP contribution in [0.2, 0.25) is 0 Å². The summed E-state index contributed by atoms with van der Waals surface area (Å²) in [7, 11) is -3.36. The van der Waals surface area contributed by atoms with Crippen molar-refractivity contribution in [2.45, 2.75) is 0 Å². The van der Waals surface area contributed by atoms with E-state index in [0.717, 1.165) is 6.26 Å². The predicted molar refractivity (Wildman–Crippen MR) is 69.4 cm³/mol. The molecular formula is C10H12BrNO4S. The summed E-state index contributed by atoms with van der Waals surface area (Å²) in [5.41, 5.74) is 0.581. The number of carboxylic acid groups (broad SMARTS) is 1. The Hall–Kier alpha value is -1.08. The fraction of sp³-hybridized carbons (Fsp3) is 0.300. The SMILES string of the molecule is CS(=O)(=O)N(CCBr)c1ccc(C(=O)O)cc1. The van der Waals surface area contributed by atoms with Gasteiger partial charge in [0.2, 0.25) is 10.0 Å². The highest BCUT2D eigenvalue weighted by Crippen LogP contribution is 2.18. The van der Waals surface area contributed by atoms with Crippen LogP contribution in [0.4, 0.5) is 5.69 Å². The van der Waals surface area contributed by atoms with E-state index in [1.807, 2.05) is 0 Å². The van der Waals surface area contributed by atoms with Crippen LogP contribution in [0.3, 0.4) is 0 Å². The Balaban J connectivity index is 3.08. The van der Waals surface area contributed by atoms with Gasteiger partial charge in [0.15, 0.2) is 0 Å². The molecule has 0 atom stereocenters. The number of alkyl halides is 1. The summed E-state index contributed by atoms with van der Waals surface area (Å²) in [6.07, 6.45) is 1.11. The second-order valence-corrected chi connectivity index (χ2v) is 6.08. The summed E-state index contributed by atoms with van der Waals surface area (Å²) in [5.74, 6) is -1.04. The molecule has 0 unspecified atom stereocenters. The third-order valence-corrected chi connectivity index (χ3v) is 3.64. The largest absolute Gasteiger partial charge is 0.478 e. The van der Waals surface area contributed by atoms with Gasteiger partial charge in [-0.1, -0.05) is 15.9 Å². The standard InChI is InChI=1S/C10H12BrNO4S/c1-17(15,16)12(7-6-11)9-4-2-8(3-5-9)10(13)14/h2-5H,6-7H2,1H3,(H,13,14). The van der Waals surface area contributed by atoms with Crippen molar-refractivity contribution in [3.8, 4) is 0 Å². The molecule has 0 radical (unpaired) electrons. The number of benzene rings is 1. The maximum atomic E-state index is 11.5. The maximum Gasteiger partial charge on any atom is 0.335 e. The molecule has 7 heteroatoms. The number of sulfonamides is 1. The fourth-order valence-electron chi connectivity index (χ4n) is 1.33. The lowest BCUT2D eigenvalue weighted by atomic mass is 10.2. The number of nitrogens with zero attached hydrogens (tertiary/aromatic N) is 1. The first kappa shape index (κ1) is 14.0. The van der Waals surface area contributed by atoms with E-state index in [1.54, 1.807) is 0 Å². The summed E-state index contributed by atoms with van der Waals surface area (Å²) >= 11 is 3.18. The Bertz CT molecular complexity index is 498. The molecule has 94 valence electrons. The zero-order valence-electron chi connectivity index (χ0n) is 9.13. The summed E-state index contributed by atoms with van der Waals surface area (Å²) < 4.78 is 24.3. The minimum atomic E-state index is -3.36. The number of carboxylic acids is 1. The monoisotopic (exact) mass is 321 g/mol. The summed E-state index contributed by atoms with van der Waals surface area (Å²) in [4.78, 5) is 10.7. The number of aromatic carboxylic acids is 1. The summed E-state index contributed by atoms with van der Waals surface area (Å²) in [6.45, 7) is 0.297. The van der Waals surface area contributed by atoms with Crippen molar-refractivity contribution in [3.05, 3.63) is 29.8 Å². The van der Waals surface area contributed by atoms with Crippen molar-refractivity contribution in [2.75, 3.05) is 22.4 Å². The van der Waals surface area contributed by atoms with E-state index in [9.17, 15) is 13.2 Å². The Kier molecular flexibility index (Phi) is 4.53. The molecule has 0 saturated heterocycles. The molecule has 1 aromatic rings. The first-order chi connectivity index (χ1) is 7.86. The van der Waals surface area contributed by atoms with Gasteiger partial charge in [-0.15, -0.1) is 0 Å². The molecule has 0 aliphatic rings. The van der Waals surface area contributed by atoms with Crippen LogP contribution in [0.1, 0.15) is 10.4 Å². The minimum Gasteiger partial charge on any atom is -0.478 e. The molecule has 0 saturated carbocycles. The van der Waals surface area contributed by atoms with Gasteiger partial charge in [0.05, 0.1) is 17.5 Å². The molecule has 0 aliphatic heterocycles. The highest BCUT2D eigenvalue weighted by molar-refractivity contribution is 9.09. The maximum absolute atomic E-state index is 11.5. The molecule has 0 fully saturated rings. The molecule has 5 nitrogen and oxygen atoms in total. The topological polar surface area (TPSA) is 74.7 Å². The molecule has 0 aliphatic carbocycles. The van der Waals surface area contributed by atoms with Crippen molar-refractivity contribution in [1.82, 2.24) is 0 Å². The van der Waals surface area contributed by atoms with Gasteiger partial charge >= 0.3 is 5.97 Å². The van der Waals surface area contributed by atoms with Crippen LogP contribution in [0.25, 0.3) is 0 Å². The zero-order chi connectivity index (χ0) is 13.1. The van der Waals surface area contributed by atoms with E-state index in [1.165, 1.54) is 28.6 Å². The second-order valence-electron chi connectivity index (χ2n) is 3.38. The Morgan fingerprint density at radius 2 is 1.88 bits per heavy atom. The first-order valence-electron chi connectivity index (χ1n) is 4.73. The van der Waals surface area contributed by atoms with Gasteiger partial charge in [-0.3, -0.25) is 4.31 Å². The van der Waals surface area contributed by atoms with Crippen LogP contribution in [0.15, 0.2) is 24.3 Å². The number of halogens is 1. The highest BCUT2D eigenvalue weighted by atomic mass is 79.9. The summed E-state index contributed by atoms with van der Waals surface area (Å²) in [5, 5.41) is 9.24. The zero-order valence-corrected chi connectivity index (χ0v) is 11.5. The third-order valence-electron chi connectivity index (χ3n) is 2.09. The first-order valence-corrected chi connectivity index (χ1v) is 7.70. The lowest BCUT2D eigenvalue weighted by molar-refractivity contribution is 0.0697. The van der Waals surface area contributed by atoms with Gasteiger partial charge in [0, 0.05) is 11.9 Å². The van der Waals surface area contributed by atoms with Gasteiger partial charge in [-0.25, -0.2) is 13.2 Å². The van der Waals surface area contributed by atoms with Crippen molar-refractivity contribution < 1.29 is 18.3 Å². The number of hydrogen-bond acceptors (Lipinski definition) is 3. The van der Waals surface area contributed by atoms with Gasteiger partial charge < -0.3 is 5.11 Å². The van der Waals surface area contributed by atoms with E-state index < -0.39 is 16.0 Å². The lowest BCUT2D eigenvalue weighted by Crippen LogP contribution is -2.31. The Labute approximate surface area is 108 Å². The number of hydrogen-bond donors (Lipinski definition) is 1. The van der Waals surface area contributed by atoms with Gasteiger partial charge in [-0.05, 0) is 24.3 Å². The van der Waals surface area contributed by atoms with Gasteiger partial charge in [-0.2, -0.15) is 0 Å². The Morgan fingerprint density at radius 3 is 2.24 bits per heavy atom. The van der Waals surface area contributed by atoms with E-state index in [-0.39, 0.29) is 5.56 Å². The fourth-order valence-corrected chi connectivity index (χ4v) is 2.85. The molecule has 17 heavy (non-hydrogen) atoms. The Morgan fingerprint density at radius 1 is 1.35 bits per heavy atom. The van der Waals surface area contributed by atoms with Crippen molar-refractivity contribution in [3.63, 3.8) is 0 Å². The van der Waals surface area contributed by atoms with Crippen LogP contribution < -0.4 is 4.31 Å². The van der Waals surface area contributed by atoms with Crippen molar-refractivity contribution in [2.24, 2.45) is 0 Å². The number of anilines is 1. The second kappa shape index (κ2) is 5.50. The molecular weight excluding hydrogens is 310 g/mol. The normalized spacial score (nSPS) is 11.2. The molecule has 1 aromatic carbocycles. The van der Waals surface area contributed by atoms with Gasteiger partial charge in [0.25, 0.3) is 0 Å². The van der Waals surface area contributed by atoms with Crippen LogP contribution in [-0.4, -0.2) is 37.6 Å². The van der Waals surface area contributed by atoms with Gasteiger partial charge in [0.1, 0.15) is 0 Å². The van der Waals surface area contributed by atoms with E-state index in [4.69, 9.17) is 5.11 Å². The third kappa shape index (κ3) is 3.71. The highest BCUT2D eigenvalue weighted by Gasteiger charge is 2.16. The lowest BCUT2D eigenvalue weighted by Gasteiger charge is -2.21. The van der Waals surface area contributed by atoms with E-state index in [2.05, 4.69) is 15.9 Å². The van der Waals surface area contributed by atoms with E-state index >= 15 is 0 Å². The average Bonchev–Trinajstić information content (AvgIpc) is 2.24. The molecule has 1 N–H and O–H groups in total. The van der Waals surface area contributed by atoms with Crippen LogP contribution in [-0.2, 0) is 10.0 Å². The molecule has 0 spiro atoms. The smallest absolute Gasteiger partial charge is 0.335 e. The number of rotatable bonds is 5. The molecule has 0 amide bonds. The molecule has 0 bridgehead atoms. The predicted octanol–water partition coefficient (Wildman–Crippen LogP) is 1.55. The number of carbonyl (C=O) groups is 1. The van der Waals surface area contributed by atoms with E-state index in [0.29, 0.717) is 17.6 Å². The van der Waals surface area contributed by atoms with Crippen molar-refractivity contribution in [1.29, 1.82) is 0 Å².